The van der Waals surface area contributed by atoms with Gasteiger partial charge in [-0.25, -0.2) is 8.42 Å². The highest BCUT2D eigenvalue weighted by Gasteiger charge is 2.28. The SMILES string of the molecule is COc1cccc(/C(Nc2ccc(N(CCN(C)C)S(C)(=O)=O)cc2)=C2/C(=O)Nc3ccccc32)c1. The van der Waals surface area contributed by atoms with Gasteiger partial charge < -0.3 is 20.3 Å². The lowest BCUT2D eigenvalue weighted by atomic mass is 10.00. The number of methoxy groups -OCH3 is 1. The quantitative estimate of drug-likeness (QED) is 0.427. The van der Waals surface area contributed by atoms with Crippen LogP contribution in [0.5, 0.6) is 5.75 Å². The van der Waals surface area contributed by atoms with Gasteiger partial charge in [0.05, 0.1) is 30.3 Å². The highest BCUT2D eigenvalue weighted by atomic mass is 32.2. The molecule has 4 rings (SSSR count). The zero-order valence-electron chi connectivity index (χ0n) is 20.8. The Kier molecular flexibility index (Phi) is 7.32. The molecule has 3 aromatic rings. The molecule has 8 nitrogen and oxygen atoms in total. The van der Waals surface area contributed by atoms with Gasteiger partial charge >= 0.3 is 0 Å². The fraction of sp³-hybridized carbons (Fsp3) is 0.222. The van der Waals surface area contributed by atoms with Crippen LogP contribution in [-0.2, 0) is 14.8 Å². The van der Waals surface area contributed by atoms with Crippen LogP contribution in [-0.4, -0.2) is 59.8 Å². The Hall–Kier alpha value is -3.82. The molecule has 9 heteroatoms. The normalized spacial score (nSPS) is 14.3. The van der Waals surface area contributed by atoms with E-state index in [2.05, 4.69) is 10.6 Å². The summed E-state index contributed by atoms with van der Waals surface area (Å²) in [6.45, 7) is 0.933. The van der Waals surface area contributed by atoms with Crippen molar-refractivity contribution < 1.29 is 17.9 Å². The molecule has 188 valence electrons. The van der Waals surface area contributed by atoms with E-state index in [-0.39, 0.29) is 5.91 Å². The first-order valence-corrected chi connectivity index (χ1v) is 13.3. The number of amides is 1. The van der Waals surface area contributed by atoms with Crippen molar-refractivity contribution in [1.29, 1.82) is 0 Å². The van der Waals surface area contributed by atoms with Crippen LogP contribution < -0.4 is 19.7 Å². The number of ether oxygens (including phenoxy) is 1. The molecule has 1 aliphatic heterocycles. The third-order valence-corrected chi connectivity index (χ3v) is 7.05. The summed E-state index contributed by atoms with van der Waals surface area (Å²) in [4.78, 5) is 15.0. The Morgan fingerprint density at radius 1 is 0.972 bits per heavy atom. The van der Waals surface area contributed by atoms with Gasteiger partial charge in [-0.3, -0.25) is 9.10 Å². The first-order chi connectivity index (χ1) is 17.2. The minimum absolute atomic E-state index is 0.204. The monoisotopic (exact) mass is 506 g/mol. The average molecular weight is 507 g/mol. The van der Waals surface area contributed by atoms with E-state index in [9.17, 15) is 13.2 Å². The van der Waals surface area contributed by atoms with E-state index in [1.807, 2.05) is 79.7 Å². The fourth-order valence-corrected chi connectivity index (χ4v) is 4.97. The number of anilines is 3. The molecule has 0 saturated carbocycles. The Labute approximate surface area is 212 Å². The number of nitrogens with zero attached hydrogens (tertiary/aromatic N) is 2. The van der Waals surface area contributed by atoms with Gasteiger partial charge in [0.1, 0.15) is 5.75 Å². The predicted octanol–water partition coefficient (Wildman–Crippen LogP) is 3.96. The van der Waals surface area contributed by atoms with E-state index >= 15 is 0 Å². The number of rotatable bonds is 9. The second kappa shape index (κ2) is 10.4. The van der Waals surface area contributed by atoms with Gasteiger partial charge in [-0.15, -0.1) is 0 Å². The van der Waals surface area contributed by atoms with E-state index in [4.69, 9.17) is 4.74 Å². The van der Waals surface area contributed by atoms with Crippen LogP contribution in [0.3, 0.4) is 0 Å². The minimum Gasteiger partial charge on any atom is -0.497 e. The number of hydrogen-bond acceptors (Lipinski definition) is 6. The summed E-state index contributed by atoms with van der Waals surface area (Å²) in [6.07, 6.45) is 1.20. The van der Waals surface area contributed by atoms with Crippen LogP contribution in [0.4, 0.5) is 17.1 Å². The van der Waals surface area contributed by atoms with Gasteiger partial charge in [-0.05, 0) is 56.6 Å². The maximum absolute atomic E-state index is 13.1. The smallest absolute Gasteiger partial charge is 0.258 e. The molecule has 0 spiro atoms. The van der Waals surface area contributed by atoms with Crippen LogP contribution >= 0.6 is 0 Å². The summed E-state index contributed by atoms with van der Waals surface area (Å²) >= 11 is 0. The standard InChI is InChI=1S/C27H30N4O4S/c1-30(2)16-17-31(36(4,33)34)21-14-12-20(13-15-21)28-26(19-8-7-9-22(18-19)35-3)25-23-10-5-6-11-24(23)29-27(25)32/h5-15,18,28H,16-17H2,1-4H3,(H,29,32)/b26-25-. The molecule has 0 aromatic heterocycles. The van der Waals surface area contributed by atoms with Gasteiger partial charge in [-0.1, -0.05) is 30.3 Å². The summed E-state index contributed by atoms with van der Waals surface area (Å²) in [7, 11) is 1.96. The van der Waals surface area contributed by atoms with Crippen molar-refractivity contribution >= 4 is 44.3 Å². The number of sulfonamides is 1. The van der Waals surface area contributed by atoms with Crippen molar-refractivity contribution in [3.63, 3.8) is 0 Å². The Morgan fingerprint density at radius 2 is 1.69 bits per heavy atom. The fourth-order valence-electron chi connectivity index (χ4n) is 4.06. The number of likely N-dealkylation sites (N-methyl/N-ethyl adjacent to an activating group) is 1. The molecule has 1 aliphatic rings. The van der Waals surface area contributed by atoms with Crippen molar-refractivity contribution in [2.75, 3.05) is 55.5 Å². The molecule has 3 aromatic carbocycles. The molecule has 1 heterocycles. The summed E-state index contributed by atoms with van der Waals surface area (Å²) in [5.74, 6) is 0.462. The zero-order chi connectivity index (χ0) is 25.9. The van der Waals surface area contributed by atoms with E-state index in [1.54, 1.807) is 19.2 Å². The molecule has 0 atom stereocenters. The molecule has 0 fully saturated rings. The molecule has 0 unspecified atom stereocenters. The number of para-hydroxylation sites is 1. The second-order valence-electron chi connectivity index (χ2n) is 8.79. The van der Waals surface area contributed by atoms with E-state index in [0.29, 0.717) is 41.5 Å². The van der Waals surface area contributed by atoms with Crippen molar-refractivity contribution in [3.8, 4) is 5.75 Å². The van der Waals surface area contributed by atoms with Gasteiger partial charge in [0, 0.05) is 35.6 Å². The second-order valence-corrected chi connectivity index (χ2v) is 10.7. The largest absolute Gasteiger partial charge is 0.497 e. The summed E-state index contributed by atoms with van der Waals surface area (Å²) in [5.41, 5.74) is 4.76. The lowest BCUT2D eigenvalue weighted by Gasteiger charge is -2.24. The molecular weight excluding hydrogens is 476 g/mol. The van der Waals surface area contributed by atoms with Crippen LogP contribution in [0.15, 0.2) is 72.8 Å². The van der Waals surface area contributed by atoms with Crippen LogP contribution in [0.2, 0.25) is 0 Å². The third kappa shape index (κ3) is 5.53. The molecular formula is C27H30N4O4S. The van der Waals surface area contributed by atoms with E-state index in [1.165, 1.54) is 10.6 Å². The van der Waals surface area contributed by atoms with E-state index in [0.717, 1.165) is 16.8 Å². The number of hydrogen-bond donors (Lipinski definition) is 2. The van der Waals surface area contributed by atoms with Crippen LogP contribution in [0.1, 0.15) is 11.1 Å². The maximum atomic E-state index is 13.1. The lowest BCUT2D eigenvalue weighted by molar-refractivity contribution is -0.110. The molecule has 0 bridgehead atoms. The molecule has 36 heavy (non-hydrogen) atoms. The molecule has 0 aliphatic carbocycles. The van der Waals surface area contributed by atoms with Gasteiger partial charge in [0.25, 0.3) is 5.91 Å². The van der Waals surface area contributed by atoms with Crippen LogP contribution in [0, 0.1) is 0 Å². The first kappa shape index (κ1) is 25.3. The lowest BCUT2D eigenvalue weighted by Crippen LogP contribution is -2.35. The number of carbonyl (C=O) groups is 1. The summed E-state index contributed by atoms with van der Waals surface area (Å²) < 4.78 is 31.6. The van der Waals surface area contributed by atoms with E-state index < -0.39 is 10.0 Å². The molecule has 1 amide bonds. The summed E-state index contributed by atoms with van der Waals surface area (Å²) in [6, 6.07) is 22.2. The minimum atomic E-state index is -3.44. The van der Waals surface area contributed by atoms with Gasteiger partial charge in [0.2, 0.25) is 10.0 Å². The average Bonchev–Trinajstić information content (AvgIpc) is 3.18. The van der Waals surface area contributed by atoms with Gasteiger partial charge in [-0.2, -0.15) is 0 Å². The highest BCUT2D eigenvalue weighted by Crippen LogP contribution is 2.38. The van der Waals surface area contributed by atoms with Crippen molar-refractivity contribution in [3.05, 3.63) is 83.9 Å². The van der Waals surface area contributed by atoms with Crippen molar-refractivity contribution in [2.24, 2.45) is 0 Å². The number of nitrogens with one attached hydrogen (secondary N) is 2. The van der Waals surface area contributed by atoms with Crippen LogP contribution in [0.25, 0.3) is 11.3 Å². The van der Waals surface area contributed by atoms with Crippen molar-refractivity contribution in [1.82, 2.24) is 4.90 Å². The third-order valence-electron chi connectivity index (χ3n) is 5.86. The Bertz CT molecular complexity index is 1400. The Balaban J connectivity index is 1.74. The van der Waals surface area contributed by atoms with Gasteiger partial charge in [0.15, 0.2) is 0 Å². The number of fused-ring (bicyclic) bond motifs is 1. The summed E-state index contributed by atoms with van der Waals surface area (Å²) in [5, 5.41) is 6.33. The number of benzene rings is 3. The number of carbonyl (C=O) groups excluding carboxylic acids is 1. The molecule has 0 saturated heterocycles. The highest BCUT2D eigenvalue weighted by molar-refractivity contribution is 7.92. The topological polar surface area (TPSA) is 91.0 Å². The Morgan fingerprint density at radius 3 is 2.36 bits per heavy atom. The predicted molar refractivity (Wildman–Crippen MR) is 146 cm³/mol. The maximum Gasteiger partial charge on any atom is 0.258 e. The zero-order valence-corrected chi connectivity index (χ0v) is 21.6. The molecule has 0 radical (unpaired) electrons. The van der Waals surface area contributed by atoms with Crippen molar-refractivity contribution in [2.45, 2.75) is 0 Å². The molecule has 2 N–H and O–H groups in total. The first-order valence-electron chi connectivity index (χ1n) is 11.5.